The second-order valence-electron chi connectivity index (χ2n) is 12.7. The molecule has 0 bridgehead atoms. The van der Waals surface area contributed by atoms with E-state index in [0.29, 0.717) is 5.92 Å². The first-order valence-electron chi connectivity index (χ1n) is 13.9. The van der Waals surface area contributed by atoms with E-state index in [9.17, 15) is 14.7 Å². The Morgan fingerprint density at radius 1 is 1.16 bits per heavy atom. The molecule has 3 heterocycles. The van der Waals surface area contributed by atoms with Crippen LogP contribution < -0.4 is 5.46 Å². The van der Waals surface area contributed by atoms with Crippen molar-refractivity contribution in [2.24, 2.45) is 11.8 Å². The van der Waals surface area contributed by atoms with Gasteiger partial charge in [0.15, 0.2) is 0 Å². The zero-order valence-corrected chi connectivity index (χ0v) is 23.7. The van der Waals surface area contributed by atoms with Gasteiger partial charge in [0.1, 0.15) is 11.9 Å². The summed E-state index contributed by atoms with van der Waals surface area (Å²) in [5.41, 5.74) is 1.76. The van der Waals surface area contributed by atoms with Gasteiger partial charge < -0.3 is 24.3 Å². The molecule has 1 aromatic carbocycles. The van der Waals surface area contributed by atoms with E-state index < -0.39 is 30.5 Å². The van der Waals surface area contributed by atoms with Crippen molar-refractivity contribution in [3.63, 3.8) is 0 Å². The molecule has 3 aliphatic rings. The predicted octanol–water partition coefficient (Wildman–Crippen LogP) is 4.33. The smallest absolute Gasteiger partial charge is 0.465 e. The van der Waals surface area contributed by atoms with Crippen molar-refractivity contribution < 1.29 is 24.0 Å². The number of hydrogen-bond acceptors (Lipinski definition) is 5. The second kappa shape index (κ2) is 9.56. The summed E-state index contributed by atoms with van der Waals surface area (Å²) in [6.45, 7) is 12.0. The van der Waals surface area contributed by atoms with Gasteiger partial charge >= 0.3 is 13.2 Å². The average molecular weight is 524 g/mol. The van der Waals surface area contributed by atoms with Crippen LogP contribution in [0.5, 0.6) is 0 Å². The van der Waals surface area contributed by atoms with Gasteiger partial charge in [0.2, 0.25) is 5.91 Å². The molecule has 38 heavy (non-hydrogen) atoms. The number of carbonyl (C=O) groups is 2. The molecule has 0 radical (unpaired) electrons. The molecule has 2 saturated heterocycles. The summed E-state index contributed by atoms with van der Waals surface area (Å²) >= 11 is 0. The zero-order chi connectivity index (χ0) is 27.6. The van der Waals surface area contributed by atoms with Gasteiger partial charge in [0, 0.05) is 13.1 Å². The fraction of sp³-hybridized carbons (Fsp3) is 0.679. The highest BCUT2D eigenvalue weighted by atomic mass is 16.7. The Kier molecular flexibility index (Phi) is 6.79. The fourth-order valence-corrected chi connectivity index (χ4v) is 6.52. The summed E-state index contributed by atoms with van der Waals surface area (Å²) in [5.74, 6) is 0.885. The average Bonchev–Trinajstić information content (AvgIpc) is 3.49. The number of aromatic amines is 1. The van der Waals surface area contributed by atoms with Crippen molar-refractivity contribution in [2.75, 3.05) is 7.05 Å². The van der Waals surface area contributed by atoms with Crippen LogP contribution in [0.1, 0.15) is 85.5 Å². The maximum atomic E-state index is 14.1. The van der Waals surface area contributed by atoms with Crippen molar-refractivity contribution in [1.82, 2.24) is 19.8 Å². The minimum Gasteiger partial charge on any atom is -0.465 e. The summed E-state index contributed by atoms with van der Waals surface area (Å²) in [7, 11) is 1.02. The molecule has 4 atom stereocenters. The maximum absolute atomic E-state index is 14.1. The Morgan fingerprint density at radius 3 is 2.45 bits per heavy atom. The first-order chi connectivity index (χ1) is 17.8. The van der Waals surface area contributed by atoms with Gasteiger partial charge in [-0.1, -0.05) is 32.8 Å². The molecule has 1 aliphatic carbocycles. The second-order valence-corrected chi connectivity index (χ2v) is 12.7. The number of hydrogen-bond donors (Lipinski definition) is 2. The number of likely N-dealkylation sites (N-methyl/N-ethyl adjacent to an activating group) is 1. The quantitative estimate of drug-likeness (QED) is 0.564. The number of amides is 2. The maximum Gasteiger partial charge on any atom is 0.494 e. The molecule has 206 valence electrons. The van der Waals surface area contributed by atoms with Crippen LogP contribution in [0.2, 0.25) is 0 Å². The highest BCUT2D eigenvalue weighted by Crippen LogP contribution is 2.46. The SMILES string of the molecule is CC(C)C(C(=O)N1[C@H](c2nc3ccc(B4OC(C)(C)C(C)(C)O4)cc3[nH]2)C[C@@H]2CCCC[C@@H]21)N(C)C(=O)O. The van der Waals surface area contributed by atoms with E-state index in [0.717, 1.165) is 59.3 Å². The Labute approximate surface area is 225 Å². The predicted molar refractivity (Wildman–Crippen MR) is 146 cm³/mol. The molecule has 10 heteroatoms. The van der Waals surface area contributed by atoms with E-state index >= 15 is 0 Å². The van der Waals surface area contributed by atoms with E-state index in [1.54, 1.807) is 0 Å². The van der Waals surface area contributed by atoms with Crippen LogP contribution in [0.25, 0.3) is 11.0 Å². The van der Waals surface area contributed by atoms with Gasteiger partial charge in [-0.15, -0.1) is 0 Å². The lowest BCUT2D eigenvalue weighted by Gasteiger charge is -2.38. The summed E-state index contributed by atoms with van der Waals surface area (Å²) in [4.78, 5) is 37.5. The lowest BCUT2D eigenvalue weighted by atomic mass is 9.79. The first kappa shape index (κ1) is 27.0. The molecule has 1 aromatic heterocycles. The zero-order valence-electron chi connectivity index (χ0n) is 23.7. The minimum atomic E-state index is -1.09. The van der Waals surface area contributed by atoms with Crippen molar-refractivity contribution in [1.29, 1.82) is 0 Å². The van der Waals surface area contributed by atoms with E-state index in [1.165, 1.54) is 7.05 Å². The molecule has 3 fully saturated rings. The van der Waals surface area contributed by atoms with E-state index in [-0.39, 0.29) is 23.9 Å². The summed E-state index contributed by atoms with van der Waals surface area (Å²) in [6, 6.07) is 5.14. The van der Waals surface area contributed by atoms with Crippen molar-refractivity contribution in [2.45, 2.75) is 103 Å². The number of nitrogens with one attached hydrogen (secondary N) is 1. The lowest BCUT2D eigenvalue weighted by molar-refractivity contribution is -0.141. The molecule has 5 rings (SSSR count). The number of fused-ring (bicyclic) bond motifs is 2. The molecule has 1 unspecified atom stereocenters. The first-order valence-corrected chi connectivity index (χ1v) is 13.9. The molecule has 2 aromatic rings. The summed E-state index contributed by atoms with van der Waals surface area (Å²) in [5, 5.41) is 9.70. The van der Waals surface area contributed by atoms with Gasteiger partial charge in [0.25, 0.3) is 0 Å². The van der Waals surface area contributed by atoms with Crippen LogP contribution in [-0.4, -0.2) is 74.3 Å². The molecular formula is C28H41BN4O5. The number of H-pyrrole nitrogens is 1. The third-order valence-electron chi connectivity index (χ3n) is 9.31. The number of rotatable bonds is 5. The number of imidazole rings is 1. The number of benzene rings is 1. The van der Waals surface area contributed by atoms with Crippen molar-refractivity contribution in [3.8, 4) is 0 Å². The third-order valence-corrected chi connectivity index (χ3v) is 9.31. The molecule has 0 spiro atoms. The molecule has 2 N–H and O–H groups in total. The van der Waals surface area contributed by atoms with Crippen molar-refractivity contribution >= 4 is 35.6 Å². The van der Waals surface area contributed by atoms with Gasteiger partial charge in [-0.05, 0) is 76.4 Å². The van der Waals surface area contributed by atoms with Crippen LogP contribution in [-0.2, 0) is 14.1 Å². The lowest BCUT2D eigenvalue weighted by Crippen LogP contribution is -2.54. The molecule has 2 aliphatic heterocycles. The highest BCUT2D eigenvalue weighted by Gasteiger charge is 2.52. The standard InChI is InChI=1S/C28H41BN4O5/c1-16(2)23(32(7)26(35)36)25(34)33-21-11-9-8-10-17(21)14-22(33)24-30-19-13-12-18(15-20(19)31-24)29-37-27(3,4)28(5,6)38-29/h12-13,15-17,21-23H,8-11,14H2,1-7H3,(H,30,31)(H,35,36)/t17-,21-,22-,23?/m0/s1. The van der Waals surface area contributed by atoms with Gasteiger partial charge in [0.05, 0.1) is 28.3 Å². The van der Waals surface area contributed by atoms with Gasteiger partial charge in [-0.25, -0.2) is 9.78 Å². The van der Waals surface area contributed by atoms with Crippen LogP contribution in [0.15, 0.2) is 18.2 Å². The Bertz CT molecular complexity index is 1210. The van der Waals surface area contributed by atoms with Crippen LogP contribution in [0.4, 0.5) is 4.79 Å². The number of likely N-dealkylation sites (tertiary alicyclic amines) is 1. The molecule has 9 nitrogen and oxygen atoms in total. The number of carbonyl (C=O) groups excluding carboxylic acids is 1. The molecular weight excluding hydrogens is 483 g/mol. The van der Waals surface area contributed by atoms with Gasteiger partial charge in [-0.2, -0.15) is 0 Å². The van der Waals surface area contributed by atoms with Crippen LogP contribution >= 0.6 is 0 Å². The van der Waals surface area contributed by atoms with Crippen LogP contribution in [0.3, 0.4) is 0 Å². The summed E-state index contributed by atoms with van der Waals surface area (Å²) in [6.07, 6.45) is 4.01. The number of carboxylic acid groups (broad SMARTS) is 1. The van der Waals surface area contributed by atoms with E-state index in [1.807, 2.05) is 64.6 Å². The minimum absolute atomic E-state index is 0.109. The van der Waals surface area contributed by atoms with Crippen molar-refractivity contribution in [3.05, 3.63) is 24.0 Å². The van der Waals surface area contributed by atoms with E-state index in [4.69, 9.17) is 14.3 Å². The van der Waals surface area contributed by atoms with Gasteiger partial charge in [-0.3, -0.25) is 9.69 Å². The largest absolute Gasteiger partial charge is 0.494 e. The highest BCUT2D eigenvalue weighted by molar-refractivity contribution is 6.62. The molecule has 2 amide bonds. The summed E-state index contributed by atoms with van der Waals surface area (Å²) < 4.78 is 12.5. The fourth-order valence-electron chi connectivity index (χ4n) is 6.52. The number of aromatic nitrogens is 2. The van der Waals surface area contributed by atoms with E-state index in [2.05, 4.69) is 4.98 Å². The monoisotopic (exact) mass is 524 g/mol. The number of nitrogens with zero attached hydrogens (tertiary/aromatic N) is 3. The Hall–Kier alpha value is -2.59. The Morgan fingerprint density at radius 2 is 1.82 bits per heavy atom. The topological polar surface area (TPSA) is 108 Å². The Balaban J connectivity index is 1.48. The van der Waals surface area contributed by atoms with Crippen LogP contribution in [0, 0.1) is 11.8 Å². The normalized spacial score (nSPS) is 27.1. The third kappa shape index (κ3) is 4.49. The molecule has 1 saturated carbocycles.